The molecule has 1 aliphatic heterocycles. The van der Waals surface area contributed by atoms with Gasteiger partial charge in [0.1, 0.15) is 18.5 Å². The zero-order valence-corrected chi connectivity index (χ0v) is 17.4. The Labute approximate surface area is 167 Å². The molecule has 0 aliphatic carbocycles. The first-order valence-electron chi connectivity index (χ1n) is 9.69. The molecule has 0 aromatic heterocycles. The minimum Gasteiger partial charge on any atom is -0.491 e. The third-order valence-electron chi connectivity index (χ3n) is 5.16. The lowest BCUT2D eigenvalue weighted by Crippen LogP contribution is -2.42. The highest BCUT2D eigenvalue weighted by atomic mass is 32.2. The molecule has 0 radical (unpaired) electrons. The van der Waals surface area contributed by atoms with Gasteiger partial charge in [0.15, 0.2) is 9.84 Å². The molecule has 5 nitrogen and oxygen atoms in total. The average Bonchev–Trinajstić information content (AvgIpc) is 3.01. The van der Waals surface area contributed by atoms with Crippen LogP contribution in [0.4, 0.5) is 0 Å². The summed E-state index contributed by atoms with van der Waals surface area (Å²) < 4.78 is 29.7. The van der Waals surface area contributed by atoms with E-state index in [-0.39, 0.29) is 24.2 Å². The summed E-state index contributed by atoms with van der Waals surface area (Å²) in [5.74, 6) is 1.14. The molecule has 2 aromatic carbocycles. The van der Waals surface area contributed by atoms with E-state index in [4.69, 9.17) is 4.74 Å². The van der Waals surface area contributed by atoms with Gasteiger partial charge in [-0.2, -0.15) is 0 Å². The Kier molecular flexibility index (Phi) is 6.75. The maximum atomic E-state index is 11.9. The fourth-order valence-electron chi connectivity index (χ4n) is 3.69. The lowest BCUT2D eigenvalue weighted by Gasteiger charge is -2.30. The van der Waals surface area contributed by atoms with Gasteiger partial charge >= 0.3 is 0 Å². The second-order valence-electron chi connectivity index (χ2n) is 7.71. The Bertz CT molecular complexity index is 883. The number of aryl methyl sites for hydroxylation is 2. The van der Waals surface area contributed by atoms with Crippen LogP contribution in [-0.2, 0) is 16.4 Å². The van der Waals surface area contributed by atoms with E-state index in [0.29, 0.717) is 19.5 Å². The summed E-state index contributed by atoms with van der Waals surface area (Å²) in [7, 11) is -2.99. The number of benzene rings is 2. The van der Waals surface area contributed by atoms with Gasteiger partial charge in [0.05, 0.1) is 11.5 Å². The fraction of sp³-hybridized carbons (Fsp3) is 0.455. The summed E-state index contributed by atoms with van der Waals surface area (Å²) in [6, 6.07) is 15.8. The molecule has 1 fully saturated rings. The van der Waals surface area contributed by atoms with Crippen LogP contribution in [0.3, 0.4) is 0 Å². The zero-order chi connectivity index (χ0) is 20.1. The predicted molar refractivity (Wildman–Crippen MR) is 111 cm³/mol. The van der Waals surface area contributed by atoms with E-state index in [2.05, 4.69) is 4.90 Å². The Morgan fingerprint density at radius 3 is 2.57 bits per heavy atom. The van der Waals surface area contributed by atoms with E-state index < -0.39 is 15.9 Å². The first-order valence-corrected chi connectivity index (χ1v) is 11.5. The highest BCUT2D eigenvalue weighted by Crippen LogP contribution is 2.22. The monoisotopic (exact) mass is 403 g/mol. The molecule has 2 unspecified atom stereocenters. The van der Waals surface area contributed by atoms with Crippen molar-refractivity contribution < 1.29 is 18.3 Å². The van der Waals surface area contributed by atoms with Crippen molar-refractivity contribution in [3.8, 4) is 5.75 Å². The van der Waals surface area contributed by atoms with Gasteiger partial charge in [-0.05, 0) is 37.5 Å². The largest absolute Gasteiger partial charge is 0.491 e. The van der Waals surface area contributed by atoms with Gasteiger partial charge in [-0.15, -0.1) is 0 Å². The van der Waals surface area contributed by atoms with Crippen LogP contribution in [0.1, 0.15) is 23.1 Å². The summed E-state index contributed by atoms with van der Waals surface area (Å²) in [5.41, 5.74) is 3.31. The normalized spacial score (nSPS) is 19.6. The van der Waals surface area contributed by atoms with Crippen LogP contribution in [-0.4, -0.2) is 55.2 Å². The molecule has 1 saturated heterocycles. The van der Waals surface area contributed by atoms with Crippen molar-refractivity contribution in [2.75, 3.05) is 24.7 Å². The third-order valence-corrected chi connectivity index (χ3v) is 6.91. The highest BCUT2D eigenvalue weighted by Gasteiger charge is 2.33. The molecular formula is C22H29NO4S. The summed E-state index contributed by atoms with van der Waals surface area (Å²) in [6.07, 6.45) is -0.0903. The summed E-state index contributed by atoms with van der Waals surface area (Å²) in [4.78, 5) is 2.08. The van der Waals surface area contributed by atoms with Crippen LogP contribution in [0, 0.1) is 13.8 Å². The van der Waals surface area contributed by atoms with Crippen LogP contribution in [0.5, 0.6) is 5.75 Å². The lowest BCUT2D eigenvalue weighted by atomic mass is 10.1. The Morgan fingerprint density at radius 1 is 1.18 bits per heavy atom. The van der Waals surface area contributed by atoms with E-state index in [1.165, 1.54) is 5.56 Å². The number of rotatable bonds is 8. The van der Waals surface area contributed by atoms with Crippen LogP contribution in [0.2, 0.25) is 0 Å². The van der Waals surface area contributed by atoms with E-state index >= 15 is 0 Å². The van der Waals surface area contributed by atoms with Gasteiger partial charge in [-0.3, -0.25) is 4.90 Å². The second-order valence-corrected chi connectivity index (χ2v) is 9.93. The number of aliphatic hydroxyl groups excluding tert-OH is 1. The van der Waals surface area contributed by atoms with Crippen LogP contribution >= 0.6 is 0 Å². The Morgan fingerprint density at radius 2 is 1.93 bits per heavy atom. The van der Waals surface area contributed by atoms with Crippen molar-refractivity contribution in [2.24, 2.45) is 0 Å². The molecule has 2 atom stereocenters. The number of sulfone groups is 1. The number of nitrogens with zero attached hydrogens (tertiary/aromatic N) is 1. The van der Waals surface area contributed by atoms with Crippen molar-refractivity contribution in [3.63, 3.8) is 0 Å². The topological polar surface area (TPSA) is 66.8 Å². The molecule has 1 heterocycles. The standard InChI is InChI=1S/C22H29NO4S/c1-17-8-9-22(18(2)12-17)27-15-21(24)14-23(13-19-6-4-3-5-7-19)20-10-11-28(25,26)16-20/h3-9,12,20-21,24H,10-11,13-16H2,1-2H3. The van der Waals surface area contributed by atoms with Gasteiger partial charge < -0.3 is 9.84 Å². The van der Waals surface area contributed by atoms with Crippen LogP contribution in [0.15, 0.2) is 48.5 Å². The molecule has 0 saturated carbocycles. The van der Waals surface area contributed by atoms with Crippen molar-refractivity contribution in [1.29, 1.82) is 0 Å². The van der Waals surface area contributed by atoms with Crippen LogP contribution < -0.4 is 4.74 Å². The molecular weight excluding hydrogens is 374 g/mol. The van der Waals surface area contributed by atoms with E-state index in [9.17, 15) is 13.5 Å². The second kappa shape index (κ2) is 9.07. The molecule has 28 heavy (non-hydrogen) atoms. The number of ether oxygens (including phenoxy) is 1. The summed E-state index contributed by atoms with van der Waals surface area (Å²) in [5, 5.41) is 10.6. The molecule has 6 heteroatoms. The first kappa shape index (κ1) is 20.8. The molecule has 152 valence electrons. The number of hydrogen-bond acceptors (Lipinski definition) is 5. The molecule has 3 rings (SSSR count). The summed E-state index contributed by atoms with van der Waals surface area (Å²) in [6.45, 7) is 5.18. The highest BCUT2D eigenvalue weighted by molar-refractivity contribution is 7.91. The van der Waals surface area contributed by atoms with E-state index in [1.54, 1.807) is 0 Å². The van der Waals surface area contributed by atoms with E-state index in [1.807, 2.05) is 62.4 Å². The van der Waals surface area contributed by atoms with Crippen molar-refractivity contribution in [1.82, 2.24) is 4.90 Å². The molecule has 0 bridgehead atoms. The number of hydrogen-bond donors (Lipinski definition) is 1. The fourth-order valence-corrected chi connectivity index (χ4v) is 5.46. The first-order chi connectivity index (χ1) is 13.3. The minimum atomic E-state index is -2.99. The molecule has 1 N–H and O–H groups in total. The lowest BCUT2D eigenvalue weighted by molar-refractivity contribution is 0.0523. The number of aliphatic hydroxyl groups is 1. The quantitative estimate of drug-likeness (QED) is 0.734. The van der Waals surface area contributed by atoms with Crippen molar-refractivity contribution in [3.05, 3.63) is 65.2 Å². The maximum absolute atomic E-state index is 11.9. The van der Waals surface area contributed by atoms with Crippen LogP contribution in [0.25, 0.3) is 0 Å². The maximum Gasteiger partial charge on any atom is 0.151 e. The van der Waals surface area contributed by atoms with Crippen molar-refractivity contribution in [2.45, 2.75) is 39.0 Å². The van der Waals surface area contributed by atoms with E-state index in [0.717, 1.165) is 16.9 Å². The molecule has 0 amide bonds. The van der Waals surface area contributed by atoms with Gasteiger partial charge in [0, 0.05) is 19.1 Å². The molecule has 0 spiro atoms. The SMILES string of the molecule is Cc1ccc(OCC(O)CN(Cc2ccccc2)C2CCS(=O)(=O)C2)c(C)c1. The van der Waals surface area contributed by atoms with Crippen molar-refractivity contribution >= 4 is 9.84 Å². The van der Waals surface area contributed by atoms with Gasteiger partial charge in [-0.25, -0.2) is 8.42 Å². The molecule has 2 aromatic rings. The summed E-state index contributed by atoms with van der Waals surface area (Å²) >= 11 is 0. The zero-order valence-electron chi connectivity index (χ0n) is 16.5. The van der Waals surface area contributed by atoms with Gasteiger partial charge in [0.25, 0.3) is 0 Å². The minimum absolute atomic E-state index is 0.0685. The predicted octanol–water partition coefficient (Wildman–Crippen LogP) is 2.73. The smallest absolute Gasteiger partial charge is 0.151 e. The average molecular weight is 404 g/mol. The Balaban J connectivity index is 1.64. The third kappa shape index (κ3) is 5.80. The molecule has 1 aliphatic rings. The van der Waals surface area contributed by atoms with Gasteiger partial charge in [0.2, 0.25) is 0 Å². The van der Waals surface area contributed by atoms with Gasteiger partial charge in [-0.1, -0.05) is 48.0 Å². The Hall–Kier alpha value is -1.89.